The number of carbonyl (C=O) groups is 1. The number of Topliss-reactive ketones (excluding diaryl/α,β-unsaturated/α-hetero) is 1. The van der Waals surface area contributed by atoms with Crippen LogP contribution in [0.1, 0.15) is 48.3 Å². The van der Waals surface area contributed by atoms with Gasteiger partial charge in [0, 0.05) is 12.3 Å². The molecule has 1 nitrogen and oxygen atoms in total. The molecule has 1 fully saturated rings. The first-order valence-electron chi connectivity index (χ1n) is 6.10. The molecule has 0 N–H and O–H groups in total. The van der Waals surface area contributed by atoms with Crippen molar-refractivity contribution >= 4 is 5.78 Å². The zero-order chi connectivity index (χ0) is 13.3. The fourth-order valence-electron chi connectivity index (χ4n) is 2.50. The van der Waals surface area contributed by atoms with Crippen LogP contribution in [0.5, 0.6) is 0 Å². The predicted octanol–water partition coefficient (Wildman–Crippen LogP) is 4.24. The summed E-state index contributed by atoms with van der Waals surface area (Å²) >= 11 is 0. The molecule has 0 aromatic heterocycles. The first-order valence-corrected chi connectivity index (χ1v) is 6.10. The minimum atomic E-state index is -4.35. The maximum absolute atomic E-state index is 12.8. The van der Waals surface area contributed by atoms with Gasteiger partial charge in [0.1, 0.15) is 5.78 Å². The van der Waals surface area contributed by atoms with Crippen molar-refractivity contribution in [2.75, 3.05) is 0 Å². The maximum Gasteiger partial charge on any atom is 0.416 e. The molecule has 1 aromatic rings. The lowest BCUT2D eigenvalue weighted by Gasteiger charge is -2.22. The molecule has 1 saturated carbocycles. The molecule has 1 aliphatic rings. The van der Waals surface area contributed by atoms with E-state index in [4.69, 9.17) is 0 Å². The summed E-state index contributed by atoms with van der Waals surface area (Å²) in [6, 6.07) is 4.25. The average Bonchev–Trinajstić information content (AvgIpc) is 2.29. The van der Waals surface area contributed by atoms with Gasteiger partial charge in [-0.2, -0.15) is 13.2 Å². The Morgan fingerprint density at radius 1 is 1.22 bits per heavy atom. The molecule has 0 aliphatic heterocycles. The van der Waals surface area contributed by atoms with Gasteiger partial charge >= 0.3 is 6.18 Å². The van der Waals surface area contributed by atoms with Crippen molar-refractivity contribution in [3.05, 3.63) is 34.9 Å². The first-order chi connectivity index (χ1) is 8.39. The quantitative estimate of drug-likeness (QED) is 0.734. The lowest BCUT2D eigenvalue weighted by Crippen LogP contribution is -2.18. The number of benzene rings is 1. The number of hydrogen-bond acceptors (Lipinski definition) is 1. The van der Waals surface area contributed by atoms with E-state index in [9.17, 15) is 18.0 Å². The number of rotatable bonds is 1. The van der Waals surface area contributed by atoms with Crippen LogP contribution in [0.3, 0.4) is 0 Å². The van der Waals surface area contributed by atoms with Gasteiger partial charge in [-0.1, -0.05) is 18.6 Å². The molecule has 0 radical (unpaired) electrons. The summed E-state index contributed by atoms with van der Waals surface area (Å²) in [5.41, 5.74) is 0.0884. The average molecular weight is 256 g/mol. The Kier molecular flexibility index (Phi) is 3.46. The van der Waals surface area contributed by atoms with Crippen LogP contribution >= 0.6 is 0 Å². The molecule has 98 valence electrons. The summed E-state index contributed by atoms with van der Waals surface area (Å²) in [6.07, 6.45) is -1.43. The van der Waals surface area contributed by atoms with Crippen LogP contribution < -0.4 is 0 Å². The van der Waals surface area contributed by atoms with Crippen molar-refractivity contribution in [3.63, 3.8) is 0 Å². The molecule has 1 aliphatic carbocycles. The van der Waals surface area contributed by atoms with Gasteiger partial charge in [-0.15, -0.1) is 0 Å². The van der Waals surface area contributed by atoms with Gasteiger partial charge in [0.05, 0.1) is 5.56 Å². The molecule has 0 bridgehead atoms. The fraction of sp³-hybridized carbons (Fsp3) is 0.500. The van der Waals surface area contributed by atoms with E-state index >= 15 is 0 Å². The van der Waals surface area contributed by atoms with Crippen LogP contribution in [0, 0.1) is 6.92 Å². The van der Waals surface area contributed by atoms with Crippen molar-refractivity contribution in [2.45, 2.75) is 44.7 Å². The third-order valence-corrected chi connectivity index (χ3v) is 3.52. The van der Waals surface area contributed by atoms with Crippen LogP contribution in [0.15, 0.2) is 18.2 Å². The zero-order valence-electron chi connectivity index (χ0n) is 10.2. The Bertz CT molecular complexity index is 463. The van der Waals surface area contributed by atoms with Gasteiger partial charge in [-0.05, 0) is 37.0 Å². The topological polar surface area (TPSA) is 17.1 Å². The highest BCUT2D eigenvalue weighted by Crippen LogP contribution is 2.36. The Labute approximate surface area is 104 Å². The molecule has 0 heterocycles. The van der Waals surface area contributed by atoms with Crippen LogP contribution in [0.4, 0.5) is 13.2 Å². The fourth-order valence-corrected chi connectivity index (χ4v) is 2.50. The standard InChI is InChI=1S/C14H15F3O/c1-9-6-7-10(8-12(9)14(15,16)17)11-4-2-3-5-13(11)18/h6-8,11H,2-5H2,1H3/t11-/m0/s1. The Hall–Kier alpha value is -1.32. The maximum atomic E-state index is 12.8. The molecular formula is C14H15F3O. The largest absolute Gasteiger partial charge is 0.416 e. The number of ketones is 1. The predicted molar refractivity (Wildman–Crippen MR) is 62.4 cm³/mol. The third kappa shape index (κ3) is 2.57. The van der Waals surface area contributed by atoms with Crippen LogP contribution in [0.25, 0.3) is 0 Å². The van der Waals surface area contributed by atoms with Crippen LogP contribution in [0.2, 0.25) is 0 Å². The highest BCUT2D eigenvalue weighted by molar-refractivity contribution is 5.86. The molecular weight excluding hydrogens is 241 g/mol. The second-order valence-corrected chi connectivity index (χ2v) is 4.84. The van der Waals surface area contributed by atoms with Gasteiger partial charge < -0.3 is 0 Å². The molecule has 2 rings (SSSR count). The Morgan fingerprint density at radius 2 is 1.94 bits per heavy atom. The van der Waals surface area contributed by atoms with E-state index in [1.807, 2.05) is 0 Å². The van der Waals surface area contributed by atoms with Gasteiger partial charge in [0.15, 0.2) is 0 Å². The summed E-state index contributed by atoms with van der Waals surface area (Å²) < 4.78 is 38.4. The monoisotopic (exact) mass is 256 g/mol. The van der Waals surface area contributed by atoms with Gasteiger partial charge in [-0.25, -0.2) is 0 Å². The summed E-state index contributed by atoms with van der Waals surface area (Å²) in [5.74, 6) is -0.279. The first kappa shape index (κ1) is 13.1. The van der Waals surface area contributed by atoms with Gasteiger partial charge in [0.2, 0.25) is 0 Å². The second kappa shape index (κ2) is 4.75. The van der Waals surface area contributed by atoms with E-state index in [1.165, 1.54) is 13.0 Å². The third-order valence-electron chi connectivity index (χ3n) is 3.52. The highest BCUT2D eigenvalue weighted by Gasteiger charge is 2.34. The molecule has 1 atom stereocenters. The Morgan fingerprint density at radius 3 is 2.56 bits per heavy atom. The summed E-state index contributed by atoms with van der Waals surface area (Å²) in [6.45, 7) is 1.44. The van der Waals surface area contributed by atoms with E-state index in [1.54, 1.807) is 6.07 Å². The number of carbonyl (C=O) groups excluding carboxylic acids is 1. The molecule has 0 saturated heterocycles. The molecule has 0 amide bonds. The normalized spacial score (nSPS) is 21.1. The van der Waals surface area contributed by atoms with E-state index in [-0.39, 0.29) is 17.3 Å². The zero-order valence-corrected chi connectivity index (χ0v) is 10.2. The van der Waals surface area contributed by atoms with Crippen molar-refractivity contribution in [2.24, 2.45) is 0 Å². The van der Waals surface area contributed by atoms with Gasteiger partial charge in [0.25, 0.3) is 0 Å². The number of hydrogen-bond donors (Lipinski definition) is 0. The Balaban J connectivity index is 2.37. The minimum Gasteiger partial charge on any atom is -0.299 e. The number of aryl methyl sites for hydroxylation is 1. The van der Waals surface area contributed by atoms with Crippen molar-refractivity contribution in [3.8, 4) is 0 Å². The lowest BCUT2D eigenvalue weighted by molar-refractivity contribution is -0.138. The molecule has 0 spiro atoms. The van der Waals surface area contributed by atoms with E-state index < -0.39 is 11.7 Å². The SMILES string of the molecule is Cc1ccc([C@@H]2CCCCC2=O)cc1C(F)(F)F. The number of alkyl halides is 3. The van der Waals surface area contributed by atoms with E-state index in [2.05, 4.69) is 0 Å². The van der Waals surface area contributed by atoms with Gasteiger partial charge in [-0.3, -0.25) is 4.79 Å². The van der Waals surface area contributed by atoms with Crippen molar-refractivity contribution < 1.29 is 18.0 Å². The molecule has 1 aromatic carbocycles. The van der Waals surface area contributed by atoms with Crippen LogP contribution in [-0.2, 0) is 11.0 Å². The lowest BCUT2D eigenvalue weighted by atomic mass is 9.82. The molecule has 18 heavy (non-hydrogen) atoms. The summed E-state index contributed by atoms with van der Waals surface area (Å²) in [4.78, 5) is 11.8. The second-order valence-electron chi connectivity index (χ2n) is 4.84. The minimum absolute atomic E-state index is 0.0678. The molecule has 0 unspecified atom stereocenters. The van der Waals surface area contributed by atoms with E-state index in [0.717, 1.165) is 18.9 Å². The number of halogens is 3. The van der Waals surface area contributed by atoms with Crippen molar-refractivity contribution in [1.29, 1.82) is 0 Å². The summed E-state index contributed by atoms with van der Waals surface area (Å²) in [5, 5.41) is 0. The van der Waals surface area contributed by atoms with E-state index in [0.29, 0.717) is 18.4 Å². The van der Waals surface area contributed by atoms with Crippen LogP contribution in [-0.4, -0.2) is 5.78 Å². The highest BCUT2D eigenvalue weighted by atomic mass is 19.4. The van der Waals surface area contributed by atoms with Crippen molar-refractivity contribution in [1.82, 2.24) is 0 Å². The molecule has 4 heteroatoms. The smallest absolute Gasteiger partial charge is 0.299 e. The summed E-state index contributed by atoms with van der Waals surface area (Å²) in [7, 11) is 0.